The highest BCUT2D eigenvalue weighted by molar-refractivity contribution is 6.38. The second-order valence-electron chi connectivity index (χ2n) is 8.47. The van der Waals surface area contributed by atoms with Crippen molar-refractivity contribution < 1.29 is 31.9 Å². The Morgan fingerprint density at radius 3 is 2.70 bits per heavy atom. The number of halogens is 4. The van der Waals surface area contributed by atoms with E-state index in [0.717, 1.165) is 16.8 Å². The van der Waals surface area contributed by atoms with Gasteiger partial charge in [0.2, 0.25) is 12.0 Å². The molecule has 1 aliphatic rings. The number of anilines is 2. The van der Waals surface area contributed by atoms with E-state index in [1.54, 1.807) is 0 Å². The maximum Gasteiger partial charge on any atom is 0.488 e. The fourth-order valence-electron chi connectivity index (χ4n) is 3.76. The van der Waals surface area contributed by atoms with Crippen molar-refractivity contribution >= 4 is 45.9 Å². The Morgan fingerprint density at radius 2 is 2.05 bits per heavy atom. The summed E-state index contributed by atoms with van der Waals surface area (Å²) >= 11 is 6.54. The Labute approximate surface area is 213 Å². The van der Waals surface area contributed by atoms with Gasteiger partial charge >= 0.3 is 11.9 Å². The van der Waals surface area contributed by atoms with E-state index < -0.39 is 52.2 Å². The summed E-state index contributed by atoms with van der Waals surface area (Å²) in [7, 11) is 0. The molecule has 0 radical (unpaired) electrons. The standard InChI is InChI=1S/C24H22ClF3N4O5/c1-4-35-23(34)13-8-32(22-16(28)6-15(27)21(29)31-22)19-12(20(13)33)5-14(26)18(17(19)25)30-7-11-9-36-24(37-11)10(2)3/h5-6,8,10-11H,4,7,9H2,1-3H3,(H2-,29,30,31,33)/p+1. The molecule has 1 unspecified atom stereocenters. The van der Waals surface area contributed by atoms with Crippen LogP contribution in [0.2, 0.25) is 5.02 Å². The number of hydrogen-bond acceptors (Lipinski definition) is 7. The van der Waals surface area contributed by atoms with Crippen LogP contribution in [0.3, 0.4) is 0 Å². The first kappa shape index (κ1) is 26.3. The largest absolute Gasteiger partial charge is 0.488 e. The number of rotatable bonds is 7. The van der Waals surface area contributed by atoms with Crippen LogP contribution >= 0.6 is 11.6 Å². The molecule has 0 spiro atoms. The second-order valence-corrected chi connectivity index (χ2v) is 8.85. The number of hydrogen-bond donors (Lipinski definition) is 2. The number of nitrogens with zero attached hydrogens (tertiary/aromatic N) is 2. The fourth-order valence-corrected chi connectivity index (χ4v) is 4.11. The number of fused-ring (bicyclic) bond motifs is 1. The molecular formula is C24H23ClF3N4O5+. The Balaban J connectivity index is 1.88. The maximum atomic E-state index is 15.2. The van der Waals surface area contributed by atoms with Crippen molar-refractivity contribution in [2.24, 2.45) is 5.92 Å². The number of ether oxygens (including phenoxy) is 2. The minimum absolute atomic E-state index is 0.0274. The smallest absolute Gasteiger partial charge is 0.462 e. The summed E-state index contributed by atoms with van der Waals surface area (Å²) in [6.07, 6.45) is 0.490. The van der Waals surface area contributed by atoms with E-state index >= 15 is 4.39 Å². The number of carbonyl (C=O) groups is 1. The van der Waals surface area contributed by atoms with Crippen molar-refractivity contribution in [1.82, 2.24) is 9.55 Å². The highest BCUT2D eigenvalue weighted by atomic mass is 35.5. The van der Waals surface area contributed by atoms with Gasteiger partial charge in [-0.1, -0.05) is 11.6 Å². The summed E-state index contributed by atoms with van der Waals surface area (Å²) in [6, 6.07) is 1.34. The molecule has 0 fully saturated rings. The molecule has 37 heavy (non-hydrogen) atoms. The monoisotopic (exact) mass is 539 g/mol. The quantitative estimate of drug-likeness (QED) is 0.347. The first-order valence-corrected chi connectivity index (χ1v) is 11.7. The lowest BCUT2D eigenvalue weighted by Gasteiger charge is -2.18. The average Bonchev–Trinajstić information content (AvgIpc) is 3.31. The van der Waals surface area contributed by atoms with E-state index in [1.807, 2.05) is 13.8 Å². The Morgan fingerprint density at radius 1 is 1.32 bits per heavy atom. The average molecular weight is 540 g/mol. The van der Waals surface area contributed by atoms with Gasteiger partial charge in [0.05, 0.1) is 34.8 Å². The van der Waals surface area contributed by atoms with Crippen molar-refractivity contribution in [1.29, 1.82) is 0 Å². The van der Waals surface area contributed by atoms with Crippen molar-refractivity contribution in [2.45, 2.75) is 26.9 Å². The SMILES string of the molecule is CCOC(=O)c1cn(-c2nc(N)c(F)cc2F)c2c(Cl)c(NCC3C[O+]=C(C(C)C)O3)c(F)cc2c1=O. The van der Waals surface area contributed by atoms with Crippen LogP contribution in [0.4, 0.5) is 24.7 Å². The molecule has 3 N–H and O–H groups in total. The molecule has 13 heteroatoms. The fraction of sp³-hybridized carbons (Fsp3) is 0.333. The Hall–Kier alpha value is -3.80. The van der Waals surface area contributed by atoms with E-state index in [-0.39, 0.29) is 47.3 Å². The zero-order valence-electron chi connectivity index (χ0n) is 20.0. The summed E-state index contributed by atoms with van der Waals surface area (Å²) in [5.74, 6) is -4.98. The van der Waals surface area contributed by atoms with Crippen LogP contribution in [0.1, 0.15) is 31.1 Å². The lowest BCUT2D eigenvalue weighted by molar-refractivity contribution is -0.451. The maximum absolute atomic E-state index is 15.2. The molecule has 3 aromatic rings. The highest BCUT2D eigenvalue weighted by Crippen LogP contribution is 2.35. The first-order chi connectivity index (χ1) is 17.5. The number of nitrogens with one attached hydrogen (secondary N) is 1. The Bertz CT molecular complexity index is 1490. The third-order valence-corrected chi connectivity index (χ3v) is 5.88. The number of cyclic esters (lactones) is 1. The van der Waals surface area contributed by atoms with Gasteiger partial charge in [-0.05, 0) is 26.8 Å². The molecule has 4 rings (SSSR count). The van der Waals surface area contributed by atoms with Gasteiger partial charge in [0.1, 0.15) is 17.3 Å². The third kappa shape index (κ3) is 4.93. The van der Waals surface area contributed by atoms with Crippen LogP contribution < -0.4 is 16.5 Å². The van der Waals surface area contributed by atoms with Crippen molar-refractivity contribution in [3.63, 3.8) is 0 Å². The van der Waals surface area contributed by atoms with Gasteiger partial charge in [-0.25, -0.2) is 22.9 Å². The summed E-state index contributed by atoms with van der Waals surface area (Å²) in [5.41, 5.74) is 3.68. The van der Waals surface area contributed by atoms with Gasteiger partial charge in [0.15, 0.2) is 23.3 Å². The zero-order chi connectivity index (χ0) is 27.0. The van der Waals surface area contributed by atoms with Gasteiger partial charge in [-0.15, -0.1) is 0 Å². The molecule has 0 bridgehead atoms. The van der Waals surface area contributed by atoms with E-state index in [2.05, 4.69) is 10.3 Å². The van der Waals surface area contributed by atoms with Crippen LogP contribution in [0, 0.1) is 23.4 Å². The predicted molar refractivity (Wildman–Crippen MR) is 131 cm³/mol. The zero-order valence-corrected chi connectivity index (χ0v) is 20.8. The molecule has 0 aliphatic carbocycles. The van der Waals surface area contributed by atoms with Gasteiger partial charge < -0.3 is 24.9 Å². The summed E-state index contributed by atoms with van der Waals surface area (Å²) in [6.45, 7) is 5.56. The van der Waals surface area contributed by atoms with Crippen molar-refractivity contribution in [3.8, 4) is 5.82 Å². The minimum Gasteiger partial charge on any atom is -0.462 e. The number of nitrogens with two attached hydrogens (primary N) is 1. The molecule has 3 heterocycles. The van der Waals surface area contributed by atoms with Crippen LogP contribution in [0.15, 0.2) is 23.1 Å². The molecule has 0 saturated carbocycles. The number of nitrogen functional groups attached to an aromatic ring is 1. The van der Waals surface area contributed by atoms with Crippen LogP contribution in [0.5, 0.6) is 0 Å². The van der Waals surface area contributed by atoms with Crippen molar-refractivity contribution in [3.05, 3.63) is 56.6 Å². The van der Waals surface area contributed by atoms with E-state index in [1.165, 1.54) is 6.92 Å². The third-order valence-electron chi connectivity index (χ3n) is 5.51. The number of benzene rings is 1. The normalized spacial score (nSPS) is 15.1. The molecule has 1 aromatic carbocycles. The molecular weight excluding hydrogens is 517 g/mol. The van der Waals surface area contributed by atoms with E-state index in [9.17, 15) is 18.4 Å². The number of esters is 2. The van der Waals surface area contributed by atoms with E-state index in [0.29, 0.717) is 12.0 Å². The lowest BCUT2D eigenvalue weighted by atomic mass is 10.1. The number of pyridine rings is 2. The van der Waals surface area contributed by atoms with Gasteiger partial charge in [-0.3, -0.25) is 9.36 Å². The van der Waals surface area contributed by atoms with Gasteiger partial charge in [-0.2, -0.15) is 0 Å². The molecule has 2 aromatic heterocycles. The highest BCUT2D eigenvalue weighted by Gasteiger charge is 2.35. The first-order valence-electron chi connectivity index (χ1n) is 11.3. The number of carbonyl (C=O) groups excluding carboxylic acids is 2. The minimum atomic E-state index is -1.17. The van der Waals surface area contributed by atoms with Crippen LogP contribution in [-0.2, 0) is 13.9 Å². The summed E-state index contributed by atoms with van der Waals surface area (Å²) < 4.78 is 60.9. The molecule has 1 aliphatic heterocycles. The van der Waals surface area contributed by atoms with Crippen LogP contribution in [-0.4, -0.2) is 47.4 Å². The number of aromatic nitrogens is 2. The van der Waals surface area contributed by atoms with Gasteiger partial charge in [0, 0.05) is 12.3 Å². The summed E-state index contributed by atoms with van der Waals surface area (Å²) in [4.78, 5) is 29.3. The van der Waals surface area contributed by atoms with Crippen LogP contribution in [0.25, 0.3) is 16.7 Å². The molecule has 0 amide bonds. The molecule has 1 atom stereocenters. The molecule has 0 saturated heterocycles. The Kier molecular flexibility index (Phi) is 7.30. The van der Waals surface area contributed by atoms with Gasteiger partial charge in [0.25, 0.3) is 6.10 Å². The molecule has 9 nitrogen and oxygen atoms in total. The lowest BCUT2D eigenvalue weighted by Crippen LogP contribution is -2.26. The van der Waals surface area contributed by atoms with Crippen molar-refractivity contribution in [2.75, 3.05) is 30.8 Å². The summed E-state index contributed by atoms with van der Waals surface area (Å²) in [5, 5.41) is 2.15. The second kappa shape index (κ2) is 10.3. The predicted octanol–water partition coefficient (Wildman–Crippen LogP) is 3.74. The molecule has 196 valence electrons. The van der Waals surface area contributed by atoms with E-state index in [4.69, 9.17) is 31.2 Å². The topological polar surface area (TPSA) is 120 Å².